The number of aryl methyl sites for hydroxylation is 2. The zero-order valence-electron chi connectivity index (χ0n) is 12.5. The van der Waals surface area contributed by atoms with Crippen molar-refractivity contribution in [3.05, 3.63) is 46.0 Å². The van der Waals surface area contributed by atoms with E-state index < -0.39 is 0 Å². The maximum atomic E-state index is 5.82. The summed E-state index contributed by atoms with van der Waals surface area (Å²) in [6, 6.07) is 8.61. The van der Waals surface area contributed by atoms with Crippen LogP contribution in [0.5, 0.6) is 0 Å². The molecule has 1 aromatic heterocycles. The highest BCUT2D eigenvalue weighted by atomic mass is 32.1. The molecule has 0 saturated heterocycles. The third-order valence-electron chi connectivity index (χ3n) is 3.27. The van der Waals surface area contributed by atoms with Crippen LogP contribution >= 0.6 is 11.3 Å². The molecule has 0 aliphatic rings. The van der Waals surface area contributed by atoms with Crippen LogP contribution in [0.15, 0.2) is 24.3 Å². The number of aromatic nitrogens is 1. The van der Waals surface area contributed by atoms with Crippen molar-refractivity contribution in [3.8, 4) is 0 Å². The maximum Gasteiger partial charge on any atom is 0.185 e. The van der Waals surface area contributed by atoms with Crippen molar-refractivity contribution in [2.24, 2.45) is 5.73 Å². The van der Waals surface area contributed by atoms with Gasteiger partial charge in [0.1, 0.15) is 0 Å². The molecule has 0 aliphatic carbocycles. The zero-order chi connectivity index (χ0) is 14.5. The van der Waals surface area contributed by atoms with Gasteiger partial charge in [0.25, 0.3) is 0 Å². The van der Waals surface area contributed by atoms with E-state index in [2.05, 4.69) is 50.1 Å². The quantitative estimate of drug-likeness (QED) is 0.885. The fourth-order valence-corrected chi connectivity index (χ4v) is 3.22. The van der Waals surface area contributed by atoms with E-state index in [0.29, 0.717) is 6.54 Å². The van der Waals surface area contributed by atoms with Gasteiger partial charge in [-0.15, -0.1) is 11.3 Å². The highest BCUT2D eigenvalue weighted by molar-refractivity contribution is 7.15. The first kappa shape index (κ1) is 15.0. The van der Waals surface area contributed by atoms with E-state index in [0.717, 1.165) is 24.5 Å². The molecule has 0 unspecified atom stereocenters. The van der Waals surface area contributed by atoms with Crippen LogP contribution in [0.2, 0.25) is 0 Å². The van der Waals surface area contributed by atoms with Crippen molar-refractivity contribution in [1.29, 1.82) is 0 Å². The molecule has 3 nitrogen and oxygen atoms in total. The molecule has 0 aliphatic heterocycles. The van der Waals surface area contributed by atoms with E-state index in [4.69, 9.17) is 10.7 Å². The van der Waals surface area contributed by atoms with Crippen LogP contribution in [0.3, 0.4) is 0 Å². The summed E-state index contributed by atoms with van der Waals surface area (Å²) in [5.41, 5.74) is 9.60. The molecule has 2 N–H and O–H groups in total. The molecular formula is C16H23N3S. The topological polar surface area (TPSA) is 42.2 Å². The molecule has 108 valence electrons. The first-order valence-electron chi connectivity index (χ1n) is 7.09. The second kappa shape index (κ2) is 6.86. The zero-order valence-corrected chi connectivity index (χ0v) is 13.3. The number of nitrogens with two attached hydrogens (primary N) is 1. The Morgan fingerprint density at radius 3 is 2.80 bits per heavy atom. The van der Waals surface area contributed by atoms with E-state index in [1.807, 2.05) is 0 Å². The van der Waals surface area contributed by atoms with Crippen LogP contribution in [0.4, 0.5) is 5.13 Å². The van der Waals surface area contributed by atoms with Gasteiger partial charge in [0, 0.05) is 25.0 Å². The summed E-state index contributed by atoms with van der Waals surface area (Å²) in [7, 11) is 2.09. The van der Waals surface area contributed by atoms with Gasteiger partial charge in [0.2, 0.25) is 0 Å². The Labute approximate surface area is 125 Å². The van der Waals surface area contributed by atoms with Crippen molar-refractivity contribution in [2.45, 2.75) is 39.8 Å². The molecule has 0 saturated carbocycles. The number of thiazole rings is 1. The lowest BCUT2D eigenvalue weighted by atomic mass is 10.1. The lowest BCUT2D eigenvalue weighted by Gasteiger charge is -2.16. The van der Waals surface area contributed by atoms with Gasteiger partial charge in [-0.1, -0.05) is 43.2 Å². The van der Waals surface area contributed by atoms with Crippen LogP contribution in [0.1, 0.15) is 35.0 Å². The molecule has 0 spiro atoms. The third kappa shape index (κ3) is 3.58. The molecule has 1 aromatic carbocycles. The maximum absolute atomic E-state index is 5.82. The van der Waals surface area contributed by atoms with Crippen molar-refractivity contribution < 1.29 is 0 Å². The molecule has 20 heavy (non-hydrogen) atoms. The predicted octanol–water partition coefficient (Wildman–Crippen LogP) is 3.50. The number of rotatable bonds is 6. The van der Waals surface area contributed by atoms with Gasteiger partial charge in [-0.05, 0) is 18.9 Å². The molecular weight excluding hydrogens is 266 g/mol. The molecule has 2 aromatic rings. The number of hydrogen-bond acceptors (Lipinski definition) is 4. The van der Waals surface area contributed by atoms with Crippen molar-refractivity contribution in [2.75, 3.05) is 11.9 Å². The standard InChI is InChI=1S/C16H23N3S/c1-4-6-14-15(10-17)20-16(18-14)19(3)11-13-8-5-7-12(2)9-13/h5,7-9H,4,6,10-11,17H2,1-3H3. The minimum Gasteiger partial charge on any atom is -0.347 e. The number of hydrogen-bond donors (Lipinski definition) is 1. The summed E-state index contributed by atoms with van der Waals surface area (Å²) in [6.07, 6.45) is 2.12. The summed E-state index contributed by atoms with van der Waals surface area (Å²) >= 11 is 1.72. The Morgan fingerprint density at radius 1 is 1.35 bits per heavy atom. The Kier molecular flexibility index (Phi) is 5.15. The molecule has 0 atom stereocenters. The normalized spacial score (nSPS) is 10.8. The second-order valence-electron chi connectivity index (χ2n) is 5.17. The largest absolute Gasteiger partial charge is 0.347 e. The fourth-order valence-electron chi connectivity index (χ4n) is 2.28. The second-order valence-corrected chi connectivity index (χ2v) is 6.23. The number of nitrogens with zero attached hydrogens (tertiary/aromatic N) is 2. The van der Waals surface area contributed by atoms with Crippen molar-refractivity contribution >= 4 is 16.5 Å². The molecule has 0 radical (unpaired) electrons. The highest BCUT2D eigenvalue weighted by Crippen LogP contribution is 2.27. The molecule has 0 amide bonds. The number of anilines is 1. The Hall–Kier alpha value is -1.39. The van der Waals surface area contributed by atoms with E-state index in [-0.39, 0.29) is 0 Å². The average molecular weight is 289 g/mol. The fraction of sp³-hybridized carbons (Fsp3) is 0.438. The van der Waals surface area contributed by atoms with E-state index >= 15 is 0 Å². The van der Waals surface area contributed by atoms with E-state index in [1.54, 1.807) is 11.3 Å². The SMILES string of the molecule is CCCc1nc(N(C)Cc2cccc(C)c2)sc1CN. The minimum absolute atomic E-state index is 0.589. The molecule has 2 rings (SSSR count). The Bertz CT molecular complexity index is 563. The van der Waals surface area contributed by atoms with Crippen LogP contribution < -0.4 is 10.6 Å². The molecule has 0 bridgehead atoms. The first-order valence-corrected chi connectivity index (χ1v) is 7.91. The summed E-state index contributed by atoms with van der Waals surface area (Å²) in [5.74, 6) is 0. The Balaban J connectivity index is 2.14. The van der Waals surface area contributed by atoms with Crippen molar-refractivity contribution in [3.63, 3.8) is 0 Å². The van der Waals surface area contributed by atoms with Crippen LogP contribution in [0, 0.1) is 6.92 Å². The van der Waals surface area contributed by atoms with Gasteiger partial charge in [0.15, 0.2) is 5.13 Å². The van der Waals surface area contributed by atoms with Crippen LogP contribution in [-0.4, -0.2) is 12.0 Å². The lowest BCUT2D eigenvalue weighted by molar-refractivity contribution is 0.854. The molecule has 1 heterocycles. The monoisotopic (exact) mass is 289 g/mol. The smallest absolute Gasteiger partial charge is 0.185 e. The predicted molar refractivity (Wildman–Crippen MR) is 87.3 cm³/mol. The van der Waals surface area contributed by atoms with Crippen LogP contribution in [0.25, 0.3) is 0 Å². The van der Waals surface area contributed by atoms with E-state index in [9.17, 15) is 0 Å². The van der Waals surface area contributed by atoms with Gasteiger partial charge in [-0.2, -0.15) is 0 Å². The summed E-state index contributed by atoms with van der Waals surface area (Å²) in [6.45, 7) is 5.77. The first-order chi connectivity index (χ1) is 9.63. The highest BCUT2D eigenvalue weighted by Gasteiger charge is 2.12. The van der Waals surface area contributed by atoms with Crippen molar-refractivity contribution in [1.82, 2.24) is 4.98 Å². The average Bonchev–Trinajstić information content (AvgIpc) is 2.82. The number of benzene rings is 1. The van der Waals surface area contributed by atoms with Gasteiger partial charge < -0.3 is 10.6 Å². The Morgan fingerprint density at radius 2 is 2.15 bits per heavy atom. The molecule has 0 fully saturated rings. The van der Waals surface area contributed by atoms with E-state index in [1.165, 1.54) is 21.7 Å². The summed E-state index contributed by atoms with van der Waals surface area (Å²) in [5, 5.41) is 1.07. The van der Waals surface area contributed by atoms with Gasteiger partial charge in [0.05, 0.1) is 5.69 Å². The summed E-state index contributed by atoms with van der Waals surface area (Å²) in [4.78, 5) is 8.18. The van der Waals surface area contributed by atoms with Crippen LogP contribution in [-0.2, 0) is 19.5 Å². The van der Waals surface area contributed by atoms with Gasteiger partial charge in [-0.25, -0.2) is 4.98 Å². The minimum atomic E-state index is 0.589. The van der Waals surface area contributed by atoms with Gasteiger partial charge >= 0.3 is 0 Å². The lowest BCUT2D eigenvalue weighted by Crippen LogP contribution is -2.16. The van der Waals surface area contributed by atoms with Gasteiger partial charge in [-0.3, -0.25) is 0 Å². The summed E-state index contributed by atoms with van der Waals surface area (Å²) < 4.78 is 0. The molecule has 4 heteroatoms. The third-order valence-corrected chi connectivity index (χ3v) is 4.50.